The van der Waals surface area contributed by atoms with Crippen LogP contribution < -0.4 is 11.1 Å². The molecule has 0 radical (unpaired) electrons. The Labute approximate surface area is 195 Å². The van der Waals surface area contributed by atoms with Crippen LogP contribution >= 0.6 is 11.6 Å². The van der Waals surface area contributed by atoms with Crippen LogP contribution in [0.3, 0.4) is 0 Å². The number of carbonyl (C=O) groups is 1. The SMILES string of the molecule is CC(C)(C)OC(=O)NC(C)(C)c1cc(CC(CN)C(F)(F)F)nc(-c2ccc(F)c(Cl)c2)c1. The normalized spacial score (nSPS) is 13.5. The molecule has 1 aromatic heterocycles. The van der Waals surface area contributed by atoms with E-state index >= 15 is 0 Å². The smallest absolute Gasteiger partial charge is 0.408 e. The lowest BCUT2D eigenvalue weighted by molar-refractivity contribution is -0.171. The number of ether oxygens (including phenoxy) is 1. The molecule has 10 heteroatoms. The minimum Gasteiger partial charge on any atom is -0.444 e. The van der Waals surface area contributed by atoms with Crippen molar-refractivity contribution in [1.82, 2.24) is 10.3 Å². The molecule has 0 bridgehead atoms. The molecule has 0 spiro atoms. The van der Waals surface area contributed by atoms with E-state index in [4.69, 9.17) is 22.1 Å². The molecule has 0 saturated carbocycles. The first-order chi connectivity index (χ1) is 15.0. The van der Waals surface area contributed by atoms with E-state index in [0.29, 0.717) is 11.1 Å². The molecular formula is C23H28ClF4N3O2. The van der Waals surface area contributed by atoms with Crippen LogP contribution in [-0.4, -0.2) is 29.4 Å². The van der Waals surface area contributed by atoms with Gasteiger partial charge in [-0.15, -0.1) is 0 Å². The highest BCUT2D eigenvalue weighted by atomic mass is 35.5. The van der Waals surface area contributed by atoms with Crippen molar-refractivity contribution < 1.29 is 27.1 Å². The molecule has 1 unspecified atom stereocenters. The van der Waals surface area contributed by atoms with Crippen LogP contribution in [0.2, 0.25) is 5.02 Å². The summed E-state index contributed by atoms with van der Waals surface area (Å²) < 4.78 is 59.0. The third-order valence-electron chi connectivity index (χ3n) is 4.83. The molecule has 1 aromatic carbocycles. The number of nitrogens with one attached hydrogen (secondary N) is 1. The number of pyridine rings is 1. The van der Waals surface area contributed by atoms with Gasteiger partial charge >= 0.3 is 12.3 Å². The van der Waals surface area contributed by atoms with Gasteiger partial charge in [0.2, 0.25) is 0 Å². The number of alkyl halides is 3. The van der Waals surface area contributed by atoms with E-state index in [-0.39, 0.29) is 16.4 Å². The average molecular weight is 490 g/mol. The Bertz CT molecular complexity index is 1000. The number of benzene rings is 1. The quantitative estimate of drug-likeness (QED) is 0.489. The van der Waals surface area contributed by atoms with Gasteiger partial charge in [-0.1, -0.05) is 11.6 Å². The Hall–Kier alpha value is -2.39. The Morgan fingerprint density at radius 3 is 2.30 bits per heavy atom. The zero-order valence-corrected chi connectivity index (χ0v) is 19.9. The Morgan fingerprint density at radius 1 is 1.15 bits per heavy atom. The van der Waals surface area contributed by atoms with Crippen LogP contribution in [0.1, 0.15) is 45.9 Å². The van der Waals surface area contributed by atoms with Gasteiger partial charge in [0.1, 0.15) is 11.4 Å². The summed E-state index contributed by atoms with van der Waals surface area (Å²) in [6, 6.07) is 7.00. The molecule has 1 atom stereocenters. The van der Waals surface area contributed by atoms with Crippen molar-refractivity contribution in [3.63, 3.8) is 0 Å². The monoisotopic (exact) mass is 489 g/mol. The van der Waals surface area contributed by atoms with Gasteiger partial charge in [0, 0.05) is 24.2 Å². The van der Waals surface area contributed by atoms with Crippen LogP contribution in [0.25, 0.3) is 11.3 Å². The third kappa shape index (κ3) is 7.57. The van der Waals surface area contributed by atoms with E-state index in [0.717, 1.165) is 6.07 Å². The Morgan fingerprint density at radius 2 is 1.79 bits per heavy atom. The molecule has 2 aromatic rings. The number of hydrogen-bond acceptors (Lipinski definition) is 4. The first-order valence-corrected chi connectivity index (χ1v) is 10.6. The molecule has 0 saturated heterocycles. The van der Waals surface area contributed by atoms with Crippen molar-refractivity contribution >= 4 is 17.7 Å². The molecule has 33 heavy (non-hydrogen) atoms. The zero-order chi connectivity index (χ0) is 25.2. The summed E-state index contributed by atoms with van der Waals surface area (Å²) in [6.07, 6.45) is -5.65. The molecule has 1 heterocycles. The van der Waals surface area contributed by atoms with Gasteiger partial charge in [-0.05, 0) is 70.5 Å². The van der Waals surface area contributed by atoms with E-state index < -0.39 is 48.1 Å². The summed E-state index contributed by atoms with van der Waals surface area (Å²) in [5.41, 5.74) is 4.88. The Kier molecular flexibility index (Phi) is 8.02. The molecule has 1 amide bonds. The highest BCUT2D eigenvalue weighted by Crippen LogP contribution is 2.32. The molecule has 2 rings (SSSR count). The second-order valence-corrected chi connectivity index (χ2v) is 9.70. The maximum absolute atomic E-state index is 13.6. The highest BCUT2D eigenvalue weighted by Gasteiger charge is 2.39. The van der Waals surface area contributed by atoms with Crippen molar-refractivity contribution in [3.8, 4) is 11.3 Å². The van der Waals surface area contributed by atoms with Crippen molar-refractivity contribution in [3.05, 3.63) is 52.4 Å². The first-order valence-electron chi connectivity index (χ1n) is 10.3. The van der Waals surface area contributed by atoms with Crippen molar-refractivity contribution in [2.75, 3.05) is 6.54 Å². The molecule has 182 valence electrons. The standard InChI is InChI=1S/C23H28ClF4N3O2/c1-21(2,3)33-20(32)31-22(4,5)14-9-16(10-15(12-29)23(26,27)28)30-19(11-14)13-6-7-18(25)17(24)8-13/h6-9,11,15H,10,12,29H2,1-5H3,(H,31,32). The van der Waals surface area contributed by atoms with Gasteiger partial charge in [0.25, 0.3) is 0 Å². The number of nitrogens with two attached hydrogens (primary N) is 1. The second kappa shape index (κ2) is 9.85. The van der Waals surface area contributed by atoms with Gasteiger partial charge in [-0.3, -0.25) is 4.98 Å². The minimum absolute atomic E-state index is 0.120. The largest absolute Gasteiger partial charge is 0.444 e. The van der Waals surface area contributed by atoms with Crippen molar-refractivity contribution in [1.29, 1.82) is 0 Å². The molecule has 0 fully saturated rings. The lowest BCUT2D eigenvalue weighted by Gasteiger charge is -2.30. The minimum atomic E-state index is -4.50. The number of carbonyl (C=O) groups excluding carboxylic acids is 1. The molecule has 0 aliphatic heterocycles. The lowest BCUT2D eigenvalue weighted by Crippen LogP contribution is -2.44. The fourth-order valence-corrected chi connectivity index (χ4v) is 3.25. The summed E-state index contributed by atoms with van der Waals surface area (Å²) in [4.78, 5) is 16.7. The summed E-state index contributed by atoms with van der Waals surface area (Å²) in [5, 5.41) is 2.58. The topological polar surface area (TPSA) is 77.2 Å². The summed E-state index contributed by atoms with van der Waals surface area (Å²) in [5.74, 6) is -2.43. The van der Waals surface area contributed by atoms with Crippen LogP contribution in [0, 0.1) is 11.7 Å². The van der Waals surface area contributed by atoms with Gasteiger partial charge in [0.05, 0.1) is 22.2 Å². The third-order valence-corrected chi connectivity index (χ3v) is 5.12. The van der Waals surface area contributed by atoms with E-state index in [2.05, 4.69) is 10.3 Å². The highest BCUT2D eigenvalue weighted by molar-refractivity contribution is 6.31. The van der Waals surface area contributed by atoms with Gasteiger partial charge < -0.3 is 15.8 Å². The van der Waals surface area contributed by atoms with E-state index in [9.17, 15) is 22.4 Å². The fourth-order valence-electron chi connectivity index (χ4n) is 3.07. The number of aromatic nitrogens is 1. The van der Waals surface area contributed by atoms with Gasteiger partial charge in [0.15, 0.2) is 0 Å². The Balaban J connectivity index is 2.54. The number of halogens is 5. The summed E-state index contributed by atoms with van der Waals surface area (Å²) >= 11 is 5.89. The first kappa shape index (κ1) is 26.9. The van der Waals surface area contributed by atoms with Gasteiger partial charge in [-0.2, -0.15) is 13.2 Å². The predicted octanol–water partition coefficient (Wildman–Crippen LogP) is 5.98. The second-order valence-electron chi connectivity index (χ2n) is 9.29. The van der Waals surface area contributed by atoms with E-state index in [1.54, 1.807) is 40.7 Å². The summed E-state index contributed by atoms with van der Waals surface area (Å²) in [6.45, 7) is 7.90. The molecule has 0 aliphatic rings. The van der Waals surface area contributed by atoms with Crippen LogP contribution in [-0.2, 0) is 16.7 Å². The van der Waals surface area contributed by atoms with Gasteiger partial charge in [-0.25, -0.2) is 9.18 Å². The van der Waals surface area contributed by atoms with Crippen LogP contribution in [0.4, 0.5) is 22.4 Å². The van der Waals surface area contributed by atoms with Crippen molar-refractivity contribution in [2.24, 2.45) is 11.7 Å². The lowest BCUT2D eigenvalue weighted by atomic mass is 9.91. The maximum Gasteiger partial charge on any atom is 0.408 e. The molecule has 3 N–H and O–H groups in total. The van der Waals surface area contributed by atoms with E-state index in [1.807, 2.05) is 0 Å². The average Bonchev–Trinajstić information content (AvgIpc) is 2.65. The molecule has 5 nitrogen and oxygen atoms in total. The number of alkyl carbamates (subject to hydrolysis) is 1. The number of hydrogen-bond donors (Lipinski definition) is 2. The number of nitrogens with zero attached hydrogens (tertiary/aromatic N) is 1. The predicted molar refractivity (Wildman–Crippen MR) is 119 cm³/mol. The number of rotatable bonds is 6. The summed E-state index contributed by atoms with van der Waals surface area (Å²) in [7, 11) is 0. The zero-order valence-electron chi connectivity index (χ0n) is 19.1. The maximum atomic E-state index is 13.6. The molecular weight excluding hydrogens is 462 g/mol. The van der Waals surface area contributed by atoms with E-state index in [1.165, 1.54) is 18.2 Å². The molecule has 0 aliphatic carbocycles. The van der Waals surface area contributed by atoms with Crippen LogP contribution in [0.5, 0.6) is 0 Å². The number of amides is 1. The van der Waals surface area contributed by atoms with Crippen LogP contribution in [0.15, 0.2) is 30.3 Å². The fraction of sp³-hybridized carbons (Fsp3) is 0.478. The van der Waals surface area contributed by atoms with Crippen molar-refractivity contribution in [2.45, 2.75) is 58.4 Å².